The van der Waals surface area contributed by atoms with Crippen LogP contribution < -0.4 is 0 Å². The highest BCUT2D eigenvalue weighted by Crippen LogP contribution is 2.43. The summed E-state index contributed by atoms with van der Waals surface area (Å²) in [4.78, 5) is 0. The molecule has 1 nitrogen and oxygen atoms in total. The fourth-order valence-electron chi connectivity index (χ4n) is 5.13. The lowest BCUT2D eigenvalue weighted by Crippen LogP contribution is -2.45. The van der Waals surface area contributed by atoms with Gasteiger partial charge < -0.3 is 4.74 Å². The van der Waals surface area contributed by atoms with Gasteiger partial charge in [-0.1, -0.05) is 19.8 Å². The molecule has 0 aromatic rings. The maximum absolute atomic E-state index is 14.0. The first-order chi connectivity index (χ1) is 11.5. The van der Waals surface area contributed by atoms with Crippen LogP contribution in [0.5, 0.6) is 0 Å². The van der Waals surface area contributed by atoms with Gasteiger partial charge in [-0.15, -0.1) is 0 Å². The Kier molecular flexibility index (Phi) is 6.10. The number of halogens is 4. The highest BCUT2D eigenvalue weighted by molar-refractivity contribution is 4.92. The van der Waals surface area contributed by atoms with E-state index in [9.17, 15) is 17.6 Å². The average molecular weight is 350 g/mol. The van der Waals surface area contributed by atoms with Crippen molar-refractivity contribution in [2.24, 2.45) is 29.6 Å². The van der Waals surface area contributed by atoms with Crippen LogP contribution in [0.1, 0.15) is 58.3 Å². The minimum atomic E-state index is -2.92. The molecule has 2 saturated carbocycles. The predicted molar refractivity (Wildman–Crippen MR) is 85.6 cm³/mol. The van der Waals surface area contributed by atoms with E-state index in [1.165, 1.54) is 25.7 Å². The second-order valence-corrected chi connectivity index (χ2v) is 8.40. The number of hydrogen-bond acceptors (Lipinski definition) is 1. The summed E-state index contributed by atoms with van der Waals surface area (Å²) in [5.41, 5.74) is 0. The van der Waals surface area contributed by atoms with Crippen molar-refractivity contribution in [3.63, 3.8) is 0 Å². The van der Waals surface area contributed by atoms with Crippen molar-refractivity contribution in [2.75, 3.05) is 6.61 Å². The Labute approximate surface area is 142 Å². The van der Waals surface area contributed by atoms with E-state index in [1.807, 2.05) is 0 Å². The first kappa shape index (κ1) is 18.5. The third-order valence-electron chi connectivity index (χ3n) is 6.78. The van der Waals surface area contributed by atoms with Gasteiger partial charge in [0.05, 0.1) is 18.6 Å². The fraction of sp³-hybridized carbons (Fsp3) is 1.00. The Morgan fingerprint density at radius 1 is 0.792 bits per heavy atom. The summed E-state index contributed by atoms with van der Waals surface area (Å²) in [6.07, 6.45) is 0.436. The molecule has 0 spiro atoms. The van der Waals surface area contributed by atoms with Crippen LogP contribution in [-0.4, -0.2) is 31.5 Å². The second kappa shape index (κ2) is 7.92. The summed E-state index contributed by atoms with van der Waals surface area (Å²) >= 11 is 0. The lowest BCUT2D eigenvalue weighted by atomic mass is 9.72. The molecule has 1 saturated heterocycles. The maximum Gasteiger partial charge on any atom is 0.247 e. The molecule has 4 atom stereocenters. The predicted octanol–water partition coefficient (Wildman–Crippen LogP) is 5.58. The van der Waals surface area contributed by atoms with E-state index in [1.54, 1.807) is 0 Å². The molecule has 2 aliphatic carbocycles. The highest BCUT2D eigenvalue weighted by atomic mass is 19.3. The zero-order chi connectivity index (χ0) is 17.3. The molecule has 0 aromatic carbocycles. The Balaban J connectivity index is 1.48. The van der Waals surface area contributed by atoms with Crippen molar-refractivity contribution in [1.82, 2.24) is 0 Å². The lowest BCUT2D eigenvalue weighted by molar-refractivity contribution is -0.110. The normalized spacial score (nSPS) is 47.8. The molecular weight excluding hydrogens is 320 g/mol. The van der Waals surface area contributed by atoms with Crippen LogP contribution in [0.2, 0.25) is 0 Å². The molecule has 0 N–H and O–H groups in total. The van der Waals surface area contributed by atoms with Gasteiger partial charge in [0, 0.05) is 0 Å². The number of rotatable bonds is 3. The van der Waals surface area contributed by atoms with E-state index in [2.05, 4.69) is 6.92 Å². The number of alkyl halides is 4. The number of hydrogen-bond donors (Lipinski definition) is 0. The summed E-state index contributed by atoms with van der Waals surface area (Å²) in [7, 11) is 0. The molecule has 0 bridgehead atoms. The summed E-state index contributed by atoms with van der Waals surface area (Å²) in [6.45, 7) is 2.98. The third-order valence-corrected chi connectivity index (χ3v) is 6.78. The molecular formula is C19H30F4O. The summed E-state index contributed by atoms with van der Waals surface area (Å²) in [5.74, 6) is 0.110. The highest BCUT2D eigenvalue weighted by Gasteiger charge is 2.46. The monoisotopic (exact) mass is 350 g/mol. The molecule has 3 fully saturated rings. The molecule has 0 aromatic heterocycles. The molecule has 5 heteroatoms. The zero-order valence-corrected chi connectivity index (χ0v) is 14.5. The first-order valence-electron chi connectivity index (χ1n) is 9.63. The van der Waals surface area contributed by atoms with Crippen molar-refractivity contribution in [1.29, 1.82) is 0 Å². The minimum absolute atomic E-state index is 0.0195. The van der Waals surface area contributed by atoms with Crippen LogP contribution in [0.3, 0.4) is 0 Å². The Hall–Kier alpha value is -0.320. The van der Waals surface area contributed by atoms with Crippen molar-refractivity contribution in [2.45, 2.75) is 83.2 Å². The van der Waals surface area contributed by atoms with Crippen LogP contribution in [0.15, 0.2) is 0 Å². The van der Waals surface area contributed by atoms with Crippen LogP contribution in [0, 0.1) is 29.6 Å². The topological polar surface area (TPSA) is 9.23 Å². The summed E-state index contributed by atoms with van der Waals surface area (Å²) in [5, 5.41) is 0. The molecule has 140 valence electrons. The molecule has 4 unspecified atom stereocenters. The first-order valence-corrected chi connectivity index (χ1v) is 9.63. The Morgan fingerprint density at radius 3 is 1.88 bits per heavy atom. The van der Waals surface area contributed by atoms with E-state index in [4.69, 9.17) is 4.74 Å². The van der Waals surface area contributed by atoms with Crippen LogP contribution in [0.4, 0.5) is 17.6 Å². The SMILES string of the molecule is CC1CCC(C2CCC(C3CC(F)C(C(F)F)C(F)C3)OC2)CC1. The quantitative estimate of drug-likeness (QED) is 0.604. The molecule has 24 heavy (non-hydrogen) atoms. The van der Waals surface area contributed by atoms with Gasteiger partial charge in [-0.05, 0) is 62.2 Å². The Bertz CT molecular complexity index is 377. The van der Waals surface area contributed by atoms with Crippen molar-refractivity contribution in [3.8, 4) is 0 Å². The third kappa shape index (κ3) is 4.08. The van der Waals surface area contributed by atoms with E-state index in [0.717, 1.165) is 24.7 Å². The molecule has 0 radical (unpaired) electrons. The molecule has 1 heterocycles. The van der Waals surface area contributed by atoms with Gasteiger partial charge in [0.15, 0.2) is 0 Å². The summed E-state index contributed by atoms with van der Waals surface area (Å²) < 4.78 is 59.5. The van der Waals surface area contributed by atoms with Crippen LogP contribution in [0.25, 0.3) is 0 Å². The van der Waals surface area contributed by atoms with Crippen molar-refractivity contribution in [3.05, 3.63) is 0 Å². The van der Waals surface area contributed by atoms with Gasteiger partial charge in [0.2, 0.25) is 6.43 Å². The van der Waals surface area contributed by atoms with E-state index in [0.29, 0.717) is 12.5 Å². The van der Waals surface area contributed by atoms with Gasteiger partial charge in [-0.25, -0.2) is 17.6 Å². The Morgan fingerprint density at radius 2 is 1.38 bits per heavy atom. The molecule has 0 amide bonds. The van der Waals surface area contributed by atoms with Gasteiger partial charge in [0.25, 0.3) is 0 Å². The van der Waals surface area contributed by atoms with Gasteiger partial charge in [-0.2, -0.15) is 0 Å². The second-order valence-electron chi connectivity index (χ2n) is 8.40. The van der Waals surface area contributed by atoms with Crippen molar-refractivity contribution < 1.29 is 22.3 Å². The minimum Gasteiger partial charge on any atom is -0.378 e. The smallest absolute Gasteiger partial charge is 0.247 e. The van der Waals surface area contributed by atoms with E-state index >= 15 is 0 Å². The zero-order valence-electron chi connectivity index (χ0n) is 14.5. The maximum atomic E-state index is 14.0. The molecule has 3 rings (SSSR count). The van der Waals surface area contributed by atoms with E-state index in [-0.39, 0.29) is 24.9 Å². The van der Waals surface area contributed by atoms with Gasteiger partial charge in [-0.3, -0.25) is 0 Å². The standard InChI is InChI=1S/C19H30F4O/c1-11-2-4-12(5-3-11)13-6-7-17(24-10-13)14-8-15(20)18(19(22)23)16(21)9-14/h11-19H,2-10H2,1H3. The van der Waals surface area contributed by atoms with Crippen LogP contribution in [-0.2, 0) is 4.74 Å². The number of ether oxygens (including phenoxy) is 1. The van der Waals surface area contributed by atoms with E-state index < -0.39 is 24.7 Å². The largest absolute Gasteiger partial charge is 0.378 e. The summed E-state index contributed by atoms with van der Waals surface area (Å²) in [6, 6.07) is 0. The lowest BCUT2D eigenvalue weighted by Gasteiger charge is -2.42. The molecule has 3 aliphatic rings. The molecule has 1 aliphatic heterocycles. The fourth-order valence-corrected chi connectivity index (χ4v) is 5.13. The van der Waals surface area contributed by atoms with Gasteiger partial charge in [0.1, 0.15) is 12.3 Å². The average Bonchev–Trinajstić information content (AvgIpc) is 2.54. The van der Waals surface area contributed by atoms with Gasteiger partial charge >= 0.3 is 0 Å². The van der Waals surface area contributed by atoms with Crippen molar-refractivity contribution >= 4 is 0 Å². The van der Waals surface area contributed by atoms with Crippen LogP contribution >= 0.6 is 0 Å².